The third-order valence-electron chi connectivity index (χ3n) is 3.00. The summed E-state index contributed by atoms with van der Waals surface area (Å²) in [4.78, 5) is 38.6. The predicted octanol–water partition coefficient (Wildman–Crippen LogP) is 1.28. The number of amides is 3. The first-order valence-corrected chi connectivity index (χ1v) is 7.77. The van der Waals surface area contributed by atoms with Crippen LogP contribution in [0.5, 0.6) is 0 Å². The van der Waals surface area contributed by atoms with E-state index < -0.39 is 5.91 Å². The van der Waals surface area contributed by atoms with Crippen LogP contribution in [0.25, 0.3) is 0 Å². The third kappa shape index (κ3) is 5.19. The number of rotatable bonds is 7. The van der Waals surface area contributed by atoms with Crippen molar-refractivity contribution < 1.29 is 14.4 Å². The molecule has 0 atom stereocenters. The minimum atomic E-state index is -0.600. The lowest BCUT2D eigenvalue weighted by molar-refractivity contribution is -0.124. The molecular formula is C15H16N4O3S. The Hall–Kier alpha value is -2.74. The topological polar surface area (TPSA) is 114 Å². The average Bonchev–Trinajstić information content (AvgIpc) is 3.00. The van der Waals surface area contributed by atoms with E-state index in [1.807, 2.05) is 0 Å². The highest BCUT2D eigenvalue weighted by Crippen LogP contribution is 2.22. The highest BCUT2D eigenvalue weighted by atomic mass is 32.1. The summed E-state index contributed by atoms with van der Waals surface area (Å²) in [5, 5.41) is 7.38. The molecule has 7 nitrogen and oxygen atoms in total. The molecule has 2 aromatic heterocycles. The van der Waals surface area contributed by atoms with Crippen LogP contribution in [0.15, 0.2) is 36.0 Å². The molecule has 0 aliphatic heterocycles. The molecule has 0 unspecified atom stereocenters. The van der Waals surface area contributed by atoms with Crippen LogP contribution in [0.3, 0.4) is 0 Å². The van der Waals surface area contributed by atoms with Crippen LogP contribution in [0, 0.1) is 0 Å². The van der Waals surface area contributed by atoms with Crippen LogP contribution in [0.2, 0.25) is 0 Å². The highest BCUT2D eigenvalue weighted by Gasteiger charge is 2.13. The maximum absolute atomic E-state index is 11.8. The molecule has 2 heterocycles. The highest BCUT2D eigenvalue weighted by molar-refractivity contribution is 7.14. The zero-order valence-electron chi connectivity index (χ0n) is 12.2. The first-order chi connectivity index (χ1) is 11.1. The number of carbonyl (C=O) groups excluding carboxylic acids is 3. The van der Waals surface area contributed by atoms with Crippen molar-refractivity contribution in [2.45, 2.75) is 19.4 Å². The Labute approximate surface area is 136 Å². The van der Waals surface area contributed by atoms with Gasteiger partial charge in [0, 0.05) is 31.8 Å². The van der Waals surface area contributed by atoms with Crippen molar-refractivity contribution in [2.75, 3.05) is 5.32 Å². The number of nitrogens with zero attached hydrogens (tertiary/aromatic N) is 1. The summed E-state index contributed by atoms with van der Waals surface area (Å²) < 4.78 is 0. The maximum atomic E-state index is 11.8. The molecule has 0 fully saturated rings. The van der Waals surface area contributed by atoms with Crippen molar-refractivity contribution >= 4 is 34.1 Å². The van der Waals surface area contributed by atoms with Gasteiger partial charge in [0.2, 0.25) is 11.8 Å². The van der Waals surface area contributed by atoms with E-state index in [1.165, 1.54) is 11.3 Å². The summed E-state index contributed by atoms with van der Waals surface area (Å²) in [5.74, 6) is -1.16. The summed E-state index contributed by atoms with van der Waals surface area (Å²) in [6, 6.07) is 5.15. The summed E-state index contributed by atoms with van der Waals surface area (Å²) >= 11 is 1.21. The molecule has 120 valence electrons. The molecule has 0 bridgehead atoms. The Kier molecular flexibility index (Phi) is 5.81. The smallest absolute Gasteiger partial charge is 0.251 e. The molecule has 8 heteroatoms. The van der Waals surface area contributed by atoms with Crippen LogP contribution in [-0.2, 0) is 16.1 Å². The second-order valence-electron chi connectivity index (χ2n) is 4.71. The lowest BCUT2D eigenvalue weighted by Gasteiger charge is -2.06. The van der Waals surface area contributed by atoms with Crippen LogP contribution in [-0.4, -0.2) is 22.7 Å². The summed E-state index contributed by atoms with van der Waals surface area (Å²) in [6.07, 6.45) is 3.38. The lowest BCUT2D eigenvalue weighted by atomic mass is 10.2. The molecule has 0 aliphatic rings. The van der Waals surface area contributed by atoms with Gasteiger partial charge in [-0.25, -0.2) is 0 Å². The van der Waals surface area contributed by atoms with E-state index in [2.05, 4.69) is 15.6 Å². The first-order valence-electron chi connectivity index (χ1n) is 6.89. The molecule has 4 N–H and O–H groups in total. The Balaban J connectivity index is 1.74. The lowest BCUT2D eigenvalue weighted by Crippen LogP contribution is -2.24. The minimum Gasteiger partial charge on any atom is -0.366 e. The molecular weight excluding hydrogens is 316 g/mol. The fraction of sp³-hybridized carbons (Fsp3) is 0.200. The molecule has 0 radical (unpaired) electrons. The summed E-state index contributed by atoms with van der Waals surface area (Å²) in [6.45, 7) is 0.389. The Morgan fingerprint density at radius 3 is 2.48 bits per heavy atom. The number of thiophene rings is 1. The SMILES string of the molecule is NC(=O)c1ccsc1NC(=O)CCC(=O)NCc1ccncc1. The molecule has 3 amide bonds. The maximum Gasteiger partial charge on any atom is 0.251 e. The fourth-order valence-electron chi connectivity index (χ4n) is 1.81. The second-order valence-corrected chi connectivity index (χ2v) is 5.62. The van der Waals surface area contributed by atoms with Crippen molar-refractivity contribution in [3.8, 4) is 0 Å². The summed E-state index contributed by atoms with van der Waals surface area (Å²) in [7, 11) is 0. The van der Waals surface area contributed by atoms with Crippen LogP contribution in [0.4, 0.5) is 5.00 Å². The normalized spacial score (nSPS) is 10.1. The molecule has 23 heavy (non-hydrogen) atoms. The van der Waals surface area contributed by atoms with Gasteiger partial charge in [-0.15, -0.1) is 11.3 Å². The van der Waals surface area contributed by atoms with Gasteiger partial charge in [-0.2, -0.15) is 0 Å². The zero-order chi connectivity index (χ0) is 16.7. The molecule has 0 saturated heterocycles. The number of hydrogen-bond acceptors (Lipinski definition) is 5. The van der Waals surface area contributed by atoms with Crippen molar-refractivity contribution in [3.05, 3.63) is 47.1 Å². The monoisotopic (exact) mass is 332 g/mol. The zero-order valence-corrected chi connectivity index (χ0v) is 13.1. The first kappa shape index (κ1) is 16.6. The second kappa shape index (κ2) is 8.04. The molecule has 0 spiro atoms. The van der Waals surface area contributed by atoms with Crippen molar-refractivity contribution in [3.63, 3.8) is 0 Å². The van der Waals surface area contributed by atoms with Gasteiger partial charge < -0.3 is 16.4 Å². The number of primary amides is 1. The van der Waals surface area contributed by atoms with Crippen molar-refractivity contribution in [1.82, 2.24) is 10.3 Å². The van der Waals surface area contributed by atoms with Gasteiger partial charge in [0.05, 0.1) is 5.56 Å². The number of carbonyl (C=O) groups is 3. The van der Waals surface area contributed by atoms with Gasteiger partial charge >= 0.3 is 0 Å². The Bertz CT molecular complexity index is 700. The Morgan fingerprint density at radius 1 is 1.09 bits per heavy atom. The van der Waals surface area contributed by atoms with E-state index >= 15 is 0 Å². The van der Waals surface area contributed by atoms with E-state index in [1.54, 1.807) is 36.0 Å². The number of nitrogens with two attached hydrogens (primary N) is 1. The van der Waals surface area contributed by atoms with Crippen LogP contribution in [0.1, 0.15) is 28.8 Å². The quantitative estimate of drug-likeness (QED) is 0.708. The number of pyridine rings is 1. The third-order valence-corrected chi connectivity index (χ3v) is 3.83. The molecule has 2 rings (SSSR count). The Morgan fingerprint density at radius 2 is 1.78 bits per heavy atom. The standard InChI is InChI=1S/C15H16N4O3S/c16-14(22)11-5-8-23-15(11)19-13(21)2-1-12(20)18-9-10-3-6-17-7-4-10/h3-8H,1-2,9H2,(H2,16,22)(H,18,20)(H,19,21). The number of aromatic nitrogens is 1. The number of nitrogens with one attached hydrogen (secondary N) is 2. The largest absolute Gasteiger partial charge is 0.366 e. The van der Waals surface area contributed by atoms with Gasteiger partial charge in [0.15, 0.2) is 0 Å². The number of hydrogen-bond donors (Lipinski definition) is 3. The van der Waals surface area contributed by atoms with Gasteiger partial charge in [-0.1, -0.05) is 0 Å². The van der Waals surface area contributed by atoms with Crippen molar-refractivity contribution in [1.29, 1.82) is 0 Å². The van der Waals surface area contributed by atoms with Crippen LogP contribution >= 0.6 is 11.3 Å². The number of anilines is 1. The van der Waals surface area contributed by atoms with Gasteiger partial charge in [0.25, 0.3) is 5.91 Å². The van der Waals surface area contributed by atoms with E-state index in [-0.39, 0.29) is 30.2 Å². The molecule has 0 saturated carbocycles. The van der Waals surface area contributed by atoms with E-state index in [0.717, 1.165) is 5.56 Å². The predicted molar refractivity (Wildman–Crippen MR) is 86.8 cm³/mol. The van der Waals surface area contributed by atoms with Crippen LogP contribution < -0.4 is 16.4 Å². The van der Waals surface area contributed by atoms with E-state index in [0.29, 0.717) is 11.5 Å². The average molecular weight is 332 g/mol. The van der Waals surface area contributed by atoms with E-state index in [9.17, 15) is 14.4 Å². The minimum absolute atomic E-state index is 0.0261. The summed E-state index contributed by atoms with van der Waals surface area (Å²) in [5.41, 5.74) is 6.40. The molecule has 2 aromatic rings. The van der Waals surface area contributed by atoms with Crippen molar-refractivity contribution in [2.24, 2.45) is 5.73 Å². The van der Waals surface area contributed by atoms with Gasteiger partial charge in [0.1, 0.15) is 5.00 Å². The molecule has 0 aromatic carbocycles. The van der Waals surface area contributed by atoms with E-state index in [4.69, 9.17) is 5.73 Å². The molecule has 0 aliphatic carbocycles. The van der Waals surface area contributed by atoms with Gasteiger partial charge in [-0.05, 0) is 29.1 Å². The fourth-order valence-corrected chi connectivity index (χ4v) is 2.61. The van der Waals surface area contributed by atoms with Gasteiger partial charge in [-0.3, -0.25) is 19.4 Å².